The number of carbonyl (C=O) groups excluding carboxylic acids is 1. The third kappa shape index (κ3) is 6.97. The highest BCUT2D eigenvalue weighted by Gasteiger charge is 2.14. The molecule has 0 radical (unpaired) electrons. The molecule has 1 amide bonds. The van der Waals surface area contributed by atoms with E-state index in [9.17, 15) is 9.90 Å². The van der Waals surface area contributed by atoms with Crippen molar-refractivity contribution < 1.29 is 14.6 Å². The Kier molecular flexibility index (Phi) is 8.01. The minimum Gasteiger partial charge on any atom is -0.391 e. The zero-order chi connectivity index (χ0) is 13.2. The zero-order valence-electron chi connectivity index (χ0n) is 11.5. The predicted octanol–water partition coefficient (Wildman–Crippen LogP) is 1.86. The van der Waals surface area contributed by atoms with Crippen LogP contribution in [-0.2, 0) is 9.53 Å². The Hall–Kier alpha value is -0.610. The van der Waals surface area contributed by atoms with Crippen molar-refractivity contribution in [1.29, 1.82) is 0 Å². The molecule has 0 aliphatic heterocycles. The maximum absolute atomic E-state index is 11.6. The fourth-order valence-corrected chi connectivity index (χ4v) is 2.55. The van der Waals surface area contributed by atoms with Crippen LogP contribution in [0.2, 0.25) is 0 Å². The number of aliphatic hydroxyl groups excluding tert-OH is 1. The van der Waals surface area contributed by atoms with Crippen molar-refractivity contribution in [2.24, 2.45) is 5.92 Å². The number of amides is 1. The van der Waals surface area contributed by atoms with Gasteiger partial charge in [-0.15, -0.1) is 0 Å². The van der Waals surface area contributed by atoms with Crippen LogP contribution < -0.4 is 5.32 Å². The number of rotatable bonds is 8. The van der Waals surface area contributed by atoms with E-state index in [1.165, 1.54) is 32.1 Å². The van der Waals surface area contributed by atoms with Crippen molar-refractivity contribution in [3.05, 3.63) is 0 Å². The van der Waals surface area contributed by atoms with Gasteiger partial charge < -0.3 is 15.2 Å². The van der Waals surface area contributed by atoms with Gasteiger partial charge >= 0.3 is 0 Å². The molecule has 1 aliphatic carbocycles. The Bertz CT molecular complexity index is 227. The number of carbonyl (C=O) groups is 1. The van der Waals surface area contributed by atoms with Gasteiger partial charge in [0.25, 0.3) is 0 Å². The summed E-state index contributed by atoms with van der Waals surface area (Å²) >= 11 is 0. The van der Waals surface area contributed by atoms with Gasteiger partial charge in [0.1, 0.15) is 0 Å². The van der Waals surface area contributed by atoms with Crippen LogP contribution in [0.4, 0.5) is 0 Å². The molecule has 106 valence electrons. The Labute approximate surface area is 110 Å². The number of ether oxygens (including phenoxy) is 1. The van der Waals surface area contributed by atoms with Crippen LogP contribution in [-0.4, -0.2) is 37.4 Å². The van der Waals surface area contributed by atoms with Gasteiger partial charge in [-0.3, -0.25) is 4.79 Å². The smallest absolute Gasteiger partial charge is 0.220 e. The van der Waals surface area contributed by atoms with E-state index in [0.717, 1.165) is 12.3 Å². The second kappa shape index (κ2) is 9.34. The molecule has 1 saturated carbocycles. The van der Waals surface area contributed by atoms with Crippen LogP contribution in [0.15, 0.2) is 0 Å². The molecule has 0 bridgehead atoms. The van der Waals surface area contributed by atoms with Crippen LogP contribution in [0.1, 0.15) is 51.4 Å². The van der Waals surface area contributed by atoms with E-state index in [2.05, 4.69) is 5.32 Å². The Morgan fingerprint density at radius 1 is 1.39 bits per heavy atom. The van der Waals surface area contributed by atoms with Gasteiger partial charge in [-0.1, -0.05) is 32.1 Å². The number of methoxy groups -OCH3 is 1. The fourth-order valence-electron chi connectivity index (χ4n) is 2.55. The molecule has 0 saturated heterocycles. The molecule has 1 aliphatic rings. The van der Waals surface area contributed by atoms with Crippen LogP contribution in [0, 0.1) is 5.92 Å². The highest BCUT2D eigenvalue weighted by Crippen LogP contribution is 2.27. The predicted molar refractivity (Wildman–Crippen MR) is 71.3 cm³/mol. The standard InChI is InChI=1S/C14H27NO3/c1-18-11-13(16)9-10-15-14(17)8-7-12-5-3-2-4-6-12/h12-13,16H,2-11H2,1H3,(H,15,17). The summed E-state index contributed by atoms with van der Waals surface area (Å²) in [5.41, 5.74) is 0. The monoisotopic (exact) mass is 257 g/mol. The Morgan fingerprint density at radius 2 is 2.11 bits per heavy atom. The number of hydrogen-bond donors (Lipinski definition) is 2. The highest BCUT2D eigenvalue weighted by atomic mass is 16.5. The molecule has 0 spiro atoms. The Balaban J connectivity index is 1.99. The molecule has 0 aromatic rings. The molecule has 4 heteroatoms. The van der Waals surface area contributed by atoms with E-state index in [-0.39, 0.29) is 5.91 Å². The average molecular weight is 257 g/mol. The lowest BCUT2D eigenvalue weighted by molar-refractivity contribution is -0.121. The van der Waals surface area contributed by atoms with E-state index in [1.54, 1.807) is 7.11 Å². The summed E-state index contributed by atoms with van der Waals surface area (Å²) in [5.74, 6) is 0.869. The number of hydrogen-bond acceptors (Lipinski definition) is 3. The molecule has 18 heavy (non-hydrogen) atoms. The van der Waals surface area contributed by atoms with E-state index in [0.29, 0.717) is 26.0 Å². The summed E-state index contributed by atoms with van der Waals surface area (Å²) in [6.45, 7) is 0.867. The Morgan fingerprint density at radius 3 is 2.78 bits per heavy atom. The van der Waals surface area contributed by atoms with Crippen molar-refractivity contribution in [3.8, 4) is 0 Å². The lowest BCUT2D eigenvalue weighted by Gasteiger charge is -2.21. The first-order chi connectivity index (χ1) is 8.72. The van der Waals surface area contributed by atoms with Gasteiger partial charge in [0, 0.05) is 20.1 Å². The zero-order valence-corrected chi connectivity index (χ0v) is 11.5. The molecule has 1 unspecified atom stereocenters. The largest absolute Gasteiger partial charge is 0.391 e. The highest BCUT2D eigenvalue weighted by molar-refractivity contribution is 5.75. The third-order valence-electron chi connectivity index (χ3n) is 3.66. The van der Waals surface area contributed by atoms with Crippen LogP contribution in [0.3, 0.4) is 0 Å². The summed E-state index contributed by atoms with van der Waals surface area (Å²) in [5, 5.41) is 12.3. The summed E-state index contributed by atoms with van der Waals surface area (Å²) in [7, 11) is 1.56. The summed E-state index contributed by atoms with van der Waals surface area (Å²) in [6, 6.07) is 0. The molecule has 0 heterocycles. The van der Waals surface area contributed by atoms with Crippen molar-refractivity contribution in [2.45, 2.75) is 57.5 Å². The second-order valence-electron chi connectivity index (χ2n) is 5.29. The van der Waals surface area contributed by atoms with E-state index >= 15 is 0 Å². The first-order valence-electron chi connectivity index (χ1n) is 7.16. The van der Waals surface area contributed by atoms with Gasteiger partial charge in [-0.05, 0) is 18.8 Å². The lowest BCUT2D eigenvalue weighted by Crippen LogP contribution is -2.28. The lowest BCUT2D eigenvalue weighted by atomic mass is 9.86. The quantitative estimate of drug-likeness (QED) is 0.698. The minimum absolute atomic E-state index is 0.116. The fraction of sp³-hybridized carbons (Fsp3) is 0.929. The summed E-state index contributed by atoms with van der Waals surface area (Å²) < 4.78 is 4.83. The topological polar surface area (TPSA) is 58.6 Å². The molecule has 4 nitrogen and oxygen atoms in total. The van der Waals surface area contributed by atoms with Gasteiger partial charge in [0.05, 0.1) is 12.7 Å². The summed E-state index contributed by atoms with van der Waals surface area (Å²) in [6.07, 6.45) is 8.33. The molecule has 2 N–H and O–H groups in total. The van der Waals surface area contributed by atoms with Gasteiger partial charge in [0.2, 0.25) is 5.91 Å². The maximum atomic E-state index is 11.6. The van der Waals surface area contributed by atoms with E-state index < -0.39 is 6.10 Å². The molecule has 1 rings (SSSR count). The van der Waals surface area contributed by atoms with E-state index in [4.69, 9.17) is 4.74 Å². The number of aliphatic hydroxyl groups is 1. The summed E-state index contributed by atoms with van der Waals surface area (Å²) in [4.78, 5) is 11.6. The van der Waals surface area contributed by atoms with Crippen LogP contribution in [0.25, 0.3) is 0 Å². The van der Waals surface area contributed by atoms with Crippen molar-refractivity contribution in [1.82, 2.24) is 5.32 Å². The molecular weight excluding hydrogens is 230 g/mol. The first-order valence-corrected chi connectivity index (χ1v) is 7.16. The van der Waals surface area contributed by atoms with Crippen LogP contribution >= 0.6 is 0 Å². The van der Waals surface area contributed by atoms with Gasteiger partial charge in [-0.2, -0.15) is 0 Å². The van der Waals surface area contributed by atoms with Crippen LogP contribution in [0.5, 0.6) is 0 Å². The molecule has 0 aromatic carbocycles. The SMILES string of the molecule is COCC(O)CCNC(=O)CCC1CCCCC1. The molecule has 0 aromatic heterocycles. The van der Waals surface area contributed by atoms with E-state index in [1.807, 2.05) is 0 Å². The molecule has 1 fully saturated rings. The third-order valence-corrected chi connectivity index (χ3v) is 3.66. The maximum Gasteiger partial charge on any atom is 0.220 e. The average Bonchev–Trinajstić information content (AvgIpc) is 2.38. The minimum atomic E-state index is -0.478. The van der Waals surface area contributed by atoms with Gasteiger partial charge in [0.15, 0.2) is 0 Å². The second-order valence-corrected chi connectivity index (χ2v) is 5.29. The molecular formula is C14H27NO3. The van der Waals surface area contributed by atoms with Crippen molar-refractivity contribution in [2.75, 3.05) is 20.3 Å². The van der Waals surface area contributed by atoms with Crippen molar-refractivity contribution >= 4 is 5.91 Å². The first kappa shape index (κ1) is 15.4. The van der Waals surface area contributed by atoms with Gasteiger partial charge in [-0.25, -0.2) is 0 Å². The number of nitrogens with one attached hydrogen (secondary N) is 1. The van der Waals surface area contributed by atoms with Crippen molar-refractivity contribution in [3.63, 3.8) is 0 Å². The normalized spacial score (nSPS) is 18.6. The molecule has 1 atom stereocenters.